The van der Waals surface area contributed by atoms with Crippen molar-refractivity contribution < 1.29 is 14.3 Å². The summed E-state index contributed by atoms with van der Waals surface area (Å²) < 4.78 is 5.16. The fourth-order valence-corrected chi connectivity index (χ4v) is 2.10. The van der Waals surface area contributed by atoms with Crippen molar-refractivity contribution in [1.29, 1.82) is 0 Å². The van der Waals surface area contributed by atoms with Crippen molar-refractivity contribution >= 4 is 11.8 Å². The number of ether oxygens (including phenoxy) is 1. The normalized spacial score (nSPS) is 24.3. The van der Waals surface area contributed by atoms with Gasteiger partial charge in [-0.3, -0.25) is 9.59 Å². The first kappa shape index (κ1) is 14.0. The van der Waals surface area contributed by atoms with Crippen LogP contribution in [0.25, 0.3) is 0 Å². The van der Waals surface area contributed by atoms with Crippen molar-refractivity contribution in [2.45, 2.75) is 45.1 Å². The molecule has 0 bridgehead atoms. The first-order valence-electron chi connectivity index (χ1n) is 6.30. The fraction of sp³-hybridized carbons (Fsp3) is 0.833. The quantitative estimate of drug-likeness (QED) is 0.668. The van der Waals surface area contributed by atoms with Crippen molar-refractivity contribution in [2.24, 2.45) is 11.7 Å². The molecule has 0 atom stereocenters. The molecule has 0 radical (unpaired) electrons. The van der Waals surface area contributed by atoms with E-state index in [1.807, 2.05) is 6.92 Å². The van der Waals surface area contributed by atoms with Gasteiger partial charge in [0.2, 0.25) is 11.8 Å². The van der Waals surface area contributed by atoms with Crippen LogP contribution in [-0.2, 0) is 14.3 Å². The second-order valence-corrected chi connectivity index (χ2v) is 4.57. The molecule has 1 fully saturated rings. The molecule has 1 aliphatic rings. The highest BCUT2D eigenvalue weighted by atomic mass is 16.5. The van der Waals surface area contributed by atoms with Crippen molar-refractivity contribution in [2.75, 3.05) is 13.2 Å². The monoisotopic (exact) mass is 242 g/mol. The fourth-order valence-electron chi connectivity index (χ4n) is 2.10. The van der Waals surface area contributed by atoms with E-state index in [0.29, 0.717) is 6.61 Å². The number of primary amides is 1. The molecule has 0 aromatic rings. The summed E-state index contributed by atoms with van der Waals surface area (Å²) in [7, 11) is 0. The maximum absolute atomic E-state index is 11.5. The molecular formula is C12H22N2O3. The van der Waals surface area contributed by atoms with Crippen LogP contribution in [-0.4, -0.2) is 31.1 Å². The number of hydrogen-bond donors (Lipinski definition) is 2. The van der Waals surface area contributed by atoms with Gasteiger partial charge in [0, 0.05) is 18.6 Å². The Morgan fingerprint density at radius 3 is 2.47 bits per heavy atom. The highest BCUT2D eigenvalue weighted by molar-refractivity contribution is 5.78. The molecule has 0 unspecified atom stereocenters. The van der Waals surface area contributed by atoms with E-state index in [4.69, 9.17) is 10.5 Å². The summed E-state index contributed by atoms with van der Waals surface area (Å²) in [5, 5.41) is 2.92. The van der Waals surface area contributed by atoms with Gasteiger partial charge in [0.1, 0.15) is 6.61 Å². The molecule has 1 saturated carbocycles. The smallest absolute Gasteiger partial charge is 0.246 e. The van der Waals surface area contributed by atoms with Crippen LogP contribution >= 0.6 is 0 Å². The highest BCUT2D eigenvalue weighted by Crippen LogP contribution is 2.23. The summed E-state index contributed by atoms with van der Waals surface area (Å²) in [6, 6.07) is 0.170. The largest absolute Gasteiger partial charge is 0.372 e. The van der Waals surface area contributed by atoms with Crippen LogP contribution in [0.4, 0.5) is 0 Å². The number of rotatable bonds is 6. The van der Waals surface area contributed by atoms with Gasteiger partial charge < -0.3 is 15.8 Å². The third-order valence-corrected chi connectivity index (χ3v) is 3.08. The van der Waals surface area contributed by atoms with E-state index in [1.165, 1.54) is 0 Å². The number of carbonyl (C=O) groups is 2. The lowest BCUT2D eigenvalue weighted by Crippen LogP contribution is -2.41. The van der Waals surface area contributed by atoms with E-state index >= 15 is 0 Å². The summed E-state index contributed by atoms with van der Waals surface area (Å²) in [5.74, 6) is -0.304. The molecule has 98 valence electrons. The van der Waals surface area contributed by atoms with Gasteiger partial charge in [-0.05, 0) is 32.1 Å². The Morgan fingerprint density at radius 1 is 1.29 bits per heavy atom. The number of amides is 2. The summed E-state index contributed by atoms with van der Waals surface area (Å²) in [4.78, 5) is 22.4. The molecule has 1 aliphatic carbocycles. The minimum atomic E-state index is -0.221. The molecule has 0 spiro atoms. The van der Waals surface area contributed by atoms with E-state index in [9.17, 15) is 9.59 Å². The lowest BCUT2D eigenvalue weighted by molar-refractivity contribution is -0.126. The van der Waals surface area contributed by atoms with Crippen molar-refractivity contribution in [3.8, 4) is 0 Å². The first-order valence-corrected chi connectivity index (χ1v) is 6.30. The van der Waals surface area contributed by atoms with Gasteiger partial charge in [0.15, 0.2) is 0 Å². The van der Waals surface area contributed by atoms with E-state index < -0.39 is 0 Å². The van der Waals surface area contributed by atoms with Crippen LogP contribution in [0.1, 0.15) is 39.0 Å². The summed E-state index contributed by atoms with van der Waals surface area (Å²) in [6.07, 6.45) is 4.11. The predicted octanol–water partition coefficient (Wildman–Crippen LogP) is 0.573. The van der Waals surface area contributed by atoms with Crippen LogP contribution in [0.15, 0.2) is 0 Å². The summed E-state index contributed by atoms with van der Waals surface area (Å²) >= 11 is 0. The Morgan fingerprint density at radius 2 is 1.94 bits per heavy atom. The summed E-state index contributed by atoms with van der Waals surface area (Å²) in [6.45, 7) is 2.74. The molecule has 5 nitrogen and oxygen atoms in total. The maximum Gasteiger partial charge on any atom is 0.246 e. The molecule has 5 heteroatoms. The van der Waals surface area contributed by atoms with Crippen molar-refractivity contribution in [3.05, 3.63) is 0 Å². The standard InChI is InChI=1S/C12H22N2O3/c1-2-7-17-8-11(15)14-10-5-3-9(4-6-10)12(13)16/h9-10H,2-8H2,1H3,(H2,13,16)(H,14,15). The topological polar surface area (TPSA) is 81.4 Å². The Bertz CT molecular complexity index is 260. The molecule has 0 aliphatic heterocycles. The Balaban J connectivity index is 2.17. The second kappa shape index (κ2) is 7.27. The van der Waals surface area contributed by atoms with Crippen LogP contribution in [0, 0.1) is 5.92 Å². The van der Waals surface area contributed by atoms with Crippen LogP contribution in [0.3, 0.4) is 0 Å². The molecule has 0 aromatic carbocycles. The van der Waals surface area contributed by atoms with E-state index in [1.54, 1.807) is 0 Å². The Labute approximate surface area is 102 Å². The van der Waals surface area contributed by atoms with E-state index in [-0.39, 0.29) is 30.4 Å². The van der Waals surface area contributed by atoms with Crippen LogP contribution < -0.4 is 11.1 Å². The molecule has 17 heavy (non-hydrogen) atoms. The highest BCUT2D eigenvalue weighted by Gasteiger charge is 2.25. The number of nitrogens with two attached hydrogens (primary N) is 1. The minimum Gasteiger partial charge on any atom is -0.372 e. The van der Waals surface area contributed by atoms with E-state index in [0.717, 1.165) is 32.1 Å². The average Bonchev–Trinajstić information content (AvgIpc) is 2.30. The zero-order chi connectivity index (χ0) is 12.7. The van der Waals surface area contributed by atoms with Crippen LogP contribution in [0.2, 0.25) is 0 Å². The lowest BCUT2D eigenvalue weighted by atomic mass is 9.85. The SMILES string of the molecule is CCCOCC(=O)NC1CCC(C(N)=O)CC1. The average molecular weight is 242 g/mol. The van der Waals surface area contributed by atoms with Crippen molar-refractivity contribution in [3.63, 3.8) is 0 Å². The van der Waals surface area contributed by atoms with Gasteiger partial charge in [-0.25, -0.2) is 0 Å². The van der Waals surface area contributed by atoms with Gasteiger partial charge in [-0.1, -0.05) is 6.92 Å². The molecular weight excluding hydrogens is 220 g/mol. The Hall–Kier alpha value is -1.10. The molecule has 1 rings (SSSR count). The molecule has 0 heterocycles. The number of carbonyl (C=O) groups excluding carboxylic acids is 2. The van der Waals surface area contributed by atoms with Gasteiger partial charge in [0.05, 0.1) is 0 Å². The zero-order valence-corrected chi connectivity index (χ0v) is 10.4. The number of hydrogen-bond acceptors (Lipinski definition) is 3. The minimum absolute atomic E-state index is 0.0144. The molecule has 0 saturated heterocycles. The lowest BCUT2D eigenvalue weighted by Gasteiger charge is -2.27. The summed E-state index contributed by atoms with van der Waals surface area (Å²) in [5.41, 5.74) is 5.25. The number of nitrogens with one attached hydrogen (secondary N) is 1. The predicted molar refractivity (Wildman–Crippen MR) is 64.2 cm³/mol. The van der Waals surface area contributed by atoms with Crippen molar-refractivity contribution in [1.82, 2.24) is 5.32 Å². The first-order chi connectivity index (χ1) is 8.13. The van der Waals surface area contributed by atoms with Gasteiger partial charge in [0.25, 0.3) is 0 Å². The molecule has 2 amide bonds. The third-order valence-electron chi connectivity index (χ3n) is 3.08. The van der Waals surface area contributed by atoms with E-state index in [2.05, 4.69) is 5.32 Å². The zero-order valence-electron chi connectivity index (χ0n) is 10.4. The third kappa shape index (κ3) is 5.17. The van der Waals surface area contributed by atoms with Crippen LogP contribution in [0.5, 0.6) is 0 Å². The second-order valence-electron chi connectivity index (χ2n) is 4.57. The Kier molecular flexibility index (Phi) is 5.97. The van der Waals surface area contributed by atoms with Gasteiger partial charge >= 0.3 is 0 Å². The maximum atomic E-state index is 11.5. The molecule has 0 aromatic heterocycles. The molecule has 3 N–H and O–H groups in total. The van der Waals surface area contributed by atoms with Gasteiger partial charge in [-0.2, -0.15) is 0 Å². The van der Waals surface area contributed by atoms with Gasteiger partial charge in [-0.15, -0.1) is 0 Å².